The van der Waals surface area contributed by atoms with Crippen molar-refractivity contribution in [3.05, 3.63) is 66.9 Å². The first-order valence-electron chi connectivity index (χ1n) is 8.09. The first kappa shape index (κ1) is 17.7. The second-order valence-corrected chi connectivity index (χ2v) is 7.96. The predicted octanol–water partition coefficient (Wildman–Crippen LogP) is 3.36. The molecule has 0 atom stereocenters. The molecule has 0 spiro atoms. The van der Waals surface area contributed by atoms with Crippen molar-refractivity contribution in [1.82, 2.24) is 19.5 Å². The van der Waals surface area contributed by atoms with E-state index in [0.29, 0.717) is 23.7 Å². The van der Waals surface area contributed by atoms with Gasteiger partial charge in [-0.1, -0.05) is 23.5 Å². The van der Waals surface area contributed by atoms with Gasteiger partial charge in [0.25, 0.3) is 0 Å². The van der Waals surface area contributed by atoms with Crippen LogP contribution in [0.25, 0.3) is 11.2 Å². The van der Waals surface area contributed by atoms with Crippen molar-refractivity contribution in [2.24, 2.45) is 7.05 Å². The summed E-state index contributed by atoms with van der Waals surface area (Å²) in [4.78, 5) is 22.9. The third-order valence-electron chi connectivity index (χ3n) is 4.12. The fraction of sp³-hybridized carbons (Fsp3) is 0.167. The quantitative estimate of drug-likeness (QED) is 0.490. The van der Waals surface area contributed by atoms with Gasteiger partial charge in [-0.15, -0.1) is 0 Å². The number of aromatic hydroxyl groups is 1. The number of hydrogen-bond acceptors (Lipinski definition) is 6. The van der Waals surface area contributed by atoms with E-state index in [4.69, 9.17) is 4.74 Å². The van der Waals surface area contributed by atoms with E-state index in [1.807, 2.05) is 41.9 Å². The van der Waals surface area contributed by atoms with Gasteiger partial charge in [0.05, 0.1) is 4.88 Å². The second-order valence-electron chi connectivity index (χ2n) is 5.98. The minimum Gasteiger partial charge on any atom is -0.494 e. The molecule has 4 aromatic rings. The van der Waals surface area contributed by atoms with Crippen molar-refractivity contribution >= 4 is 38.4 Å². The molecule has 3 heterocycles. The molecule has 1 aromatic carbocycles. The molecule has 27 heavy (non-hydrogen) atoms. The van der Waals surface area contributed by atoms with Crippen molar-refractivity contribution in [2.45, 2.75) is 13.0 Å². The van der Waals surface area contributed by atoms with E-state index in [9.17, 15) is 9.90 Å². The summed E-state index contributed by atoms with van der Waals surface area (Å²) in [7, 11) is 1.91. The average molecular weight is 447 g/mol. The largest absolute Gasteiger partial charge is 0.494 e. The molecule has 0 amide bonds. The third kappa shape index (κ3) is 3.74. The molecular weight excluding hydrogens is 432 g/mol. The molecule has 0 aliphatic rings. The number of fused-ring (bicyclic) bond motifs is 1. The van der Waals surface area contributed by atoms with E-state index < -0.39 is 0 Å². The number of benzene rings is 1. The van der Waals surface area contributed by atoms with E-state index in [-0.39, 0.29) is 10.8 Å². The van der Waals surface area contributed by atoms with Crippen LogP contribution in [0.2, 0.25) is 0 Å². The number of nitrogens with zero attached hydrogens (tertiary/aromatic N) is 3. The molecular formula is C18H15BrN4O3S. The molecule has 0 saturated carbocycles. The zero-order valence-electron chi connectivity index (χ0n) is 14.3. The maximum atomic E-state index is 11.3. The van der Waals surface area contributed by atoms with Gasteiger partial charge in [0.1, 0.15) is 23.7 Å². The molecule has 0 aliphatic carbocycles. The summed E-state index contributed by atoms with van der Waals surface area (Å²) in [6, 6.07) is 9.46. The summed E-state index contributed by atoms with van der Waals surface area (Å²) < 4.78 is 8.63. The Kier molecular flexibility index (Phi) is 4.71. The lowest BCUT2D eigenvalue weighted by Crippen LogP contribution is -2.03. The van der Waals surface area contributed by atoms with Gasteiger partial charge >= 0.3 is 4.87 Å². The molecule has 0 radical (unpaired) electrons. The van der Waals surface area contributed by atoms with Crippen molar-refractivity contribution in [2.75, 3.05) is 0 Å². The fourth-order valence-corrected chi connectivity index (χ4v) is 3.81. The van der Waals surface area contributed by atoms with Crippen LogP contribution in [0, 0.1) is 0 Å². The van der Waals surface area contributed by atoms with Crippen LogP contribution >= 0.6 is 27.3 Å². The number of H-pyrrole nitrogens is 1. The number of aryl methyl sites for hydroxylation is 1. The van der Waals surface area contributed by atoms with Crippen LogP contribution in [-0.4, -0.2) is 24.6 Å². The van der Waals surface area contributed by atoms with Crippen LogP contribution in [0.1, 0.15) is 16.3 Å². The summed E-state index contributed by atoms with van der Waals surface area (Å²) in [5.74, 6) is 1.43. The zero-order valence-corrected chi connectivity index (χ0v) is 16.7. The van der Waals surface area contributed by atoms with Gasteiger partial charge in [0.15, 0.2) is 5.65 Å². The summed E-state index contributed by atoms with van der Waals surface area (Å²) in [6.45, 7) is 0.323. The Labute approximate surface area is 166 Å². The van der Waals surface area contributed by atoms with Gasteiger partial charge in [0.2, 0.25) is 5.88 Å². The molecule has 7 nitrogen and oxygen atoms in total. The van der Waals surface area contributed by atoms with Crippen LogP contribution in [0.15, 0.2) is 45.8 Å². The Bertz CT molecular complexity index is 1160. The average Bonchev–Trinajstić information content (AvgIpc) is 3.12. The molecule has 3 aromatic heterocycles. The van der Waals surface area contributed by atoms with Crippen LogP contribution in [0.4, 0.5) is 0 Å². The Morgan fingerprint density at radius 1 is 1.33 bits per heavy atom. The highest BCUT2D eigenvalue weighted by Crippen LogP contribution is 2.23. The Morgan fingerprint density at radius 2 is 2.11 bits per heavy atom. The fourth-order valence-electron chi connectivity index (χ4n) is 2.74. The molecule has 138 valence electrons. The number of hydrogen-bond donors (Lipinski definition) is 2. The van der Waals surface area contributed by atoms with E-state index in [1.165, 1.54) is 0 Å². The number of thiazole rings is 1. The highest BCUT2D eigenvalue weighted by atomic mass is 79.9. The lowest BCUT2D eigenvalue weighted by atomic mass is 10.1. The van der Waals surface area contributed by atoms with Crippen LogP contribution in [-0.2, 0) is 20.1 Å². The van der Waals surface area contributed by atoms with Gasteiger partial charge in [-0.2, -0.15) is 0 Å². The molecule has 0 aliphatic heterocycles. The maximum Gasteiger partial charge on any atom is 0.307 e. The summed E-state index contributed by atoms with van der Waals surface area (Å²) in [6.07, 6.45) is 2.23. The van der Waals surface area contributed by atoms with Crippen molar-refractivity contribution < 1.29 is 9.84 Å². The van der Waals surface area contributed by atoms with Crippen LogP contribution < -0.4 is 9.61 Å². The molecule has 4 rings (SSSR count). The van der Waals surface area contributed by atoms with E-state index in [0.717, 1.165) is 38.4 Å². The number of halogens is 1. The standard InChI is InChI=1S/C18H15BrN4O3S/c1-23-15(21-13-7-11(19)8-20-16(13)23)9-26-12-4-2-10(3-5-12)6-14-17(24)22-18(25)27-14/h2-5,7-8,24H,6,9H2,1H3,(H,22,25). The SMILES string of the molecule is Cn1c(COc2ccc(Cc3sc(=O)[nH]c3O)cc2)nc2cc(Br)cnc21. The lowest BCUT2D eigenvalue weighted by Gasteiger charge is -2.07. The highest BCUT2D eigenvalue weighted by Gasteiger charge is 2.11. The lowest BCUT2D eigenvalue weighted by molar-refractivity contribution is 0.292. The van der Waals surface area contributed by atoms with Gasteiger partial charge in [-0.05, 0) is 39.7 Å². The number of aromatic nitrogens is 4. The van der Waals surface area contributed by atoms with Crippen LogP contribution in [0.3, 0.4) is 0 Å². The molecule has 9 heteroatoms. The first-order valence-corrected chi connectivity index (χ1v) is 9.70. The number of nitrogens with one attached hydrogen (secondary N) is 1. The Balaban J connectivity index is 1.45. The topological polar surface area (TPSA) is 93.0 Å². The van der Waals surface area contributed by atoms with Crippen molar-refractivity contribution in [3.63, 3.8) is 0 Å². The van der Waals surface area contributed by atoms with E-state index >= 15 is 0 Å². The maximum absolute atomic E-state index is 11.3. The molecule has 0 bridgehead atoms. The summed E-state index contributed by atoms with van der Waals surface area (Å²) >= 11 is 4.41. The van der Waals surface area contributed by atoms with Gasteiger partial charge in [-0.3, -0.25) is 9.78 Å². The normalized spacial score (nSPS) is 11.2. The second kappa shape index (κ2) is 7.16. The van der Waals surface area contributed by atoms with Gasteiger partial charge in [-0.25, -0.2) is 9.97 Å². The predicted molar refractivity (Wildman–Crippen MR) is 106 cm³/mol. The minimum atomic E-state index is -0.258. The molecule has 2 N–H and O–H groups in total. The van der Waals surface area contributed by atoms with E-state index in [2.05, 4.69) is 30.9 Å². The number of aromatic amines is 1. The molecule has 0 unspecified atom stereocenters. The summed E-state index contributed by atoms with van der Waals surface area (Å²) in [5.41, 5.74) is 2.59. The zero-order chi connectivity index (χ0) is 19.0. The van der Waals surface area contributed by atoms with Crippen molar-refractivity contribution in [1.29, 1.82) is 0 Å². The van der Waals surface area contributed by atoms with Crippen molar-refractivity contribution in [3.8, 4) is 11.6 Å². The highest BCUT2D eigenvalue weighted by molar-refractivity contribution is 9.10. The van der Waals surface area contributed by atoms with Crippen LogP contribution in [0.5, 0.6) is 11.6 Å². The number of imidazole rings is 1. The molecule has 0 saturated heterocycles. The smallest absolute Gasteiger partial charge is 0.307 e. The van der Waals surface area contributed by atoms with Gasteiger partial charge in [0, 0.05) is 24.1 Å². The van der Waals surface area contributed by atoms with Gasteiger partial charge < -0.3 is 14.4 Å². The number of rotatable bonds is 5. The summed E-state index contributed by atoms with van der Waals surface area (Å²) in [5, 5.41) is 9.67. The third-order valence-corrected chi connectivity index (χ3v) is 5.43. The number of pyridine rings is 1. The first-order chi connectivity index (χ1) is 13.0. The Hall–Kier alpha value is -2.65. The number of ether oxygens (including phenoxy) is 1. The van der Waals surface area contributed by atoms with E-state index in [1.54, 1.807) is 6.20 Å². The Morgan fingerprint density at radius 3 is 2.81 bits per heavy atom. The molecule has 0 fully saturated rings. The minimum absolute atomic E-state index is 0.0626. The monoisotopic (exact) mass is 446 g/mol.